The highest BCUT2D eigenvalue weighted by Crippen LogP contribution is 2.35. The van der Waals surface area contributed by atoms with Gasteiger partial charge in [0.05, 0.1) is 5.51 Å². The third-order valence-corrected chi connectivity index (χ3v) is 4.32. The van der Waals surface area contributed by atoms with Gasteiger partial charge in [-0.15, -0.1) is 11.3 Å². The predicted molar refractivity (Wildman–Crippen MR) is 68.3 cm³/mol. The van der Waals surface area contributed by atoms with Gasteiger partial charge in [0.2, 0.25) is 0 Å². The highest BCUT2D eigenvalue weighted by Gasteiger charge is 2.43. The molecule has 0 bridgehead atoms. The molecule has 1 fully saturated rings. The van der Waals surface area contributed by atoms with Crippen LogP contribution in [0.1, 0.15) is 38.0 Å². The molecule has 1 unspecified atom stereocenters. The summed E-state index contributed by atoms with van der Waals surface area (Å²) in [4.78, 5) is 28.3. The molecule has 0 N–H and O–H groups in total. The number of carbonyl (C=O) groups is 2. The predicted octanol–water partition coefficient (Wildman–Crippen LogP) is 2.38. The minimum Gasteiger partial charge on any atom is -0.458 e. The number of ether oxygens (including phenoxy) is 1. The van der Waals surface area contributed by atoms with Crippen molar-refractivity contribution in [1.29, 1.82) is 0 Å². The maximum Gasteiger partial charge on any atom is 0.313 e. The van der Waals surface area contributed by atoms with Crippen molar-refractivity contribution in [2.24, 2.45) is 5.92 Å². The van der Waals surface area contributed by atoms with Crippen molar-refractivity contribution in [2.45, 2.75) is 45.1 Å². The lowest BCUT2D eigenvalue weighted by atomic mass is 9.79. The zero-order valence-electron chi connectivity index (χ0n) is 10.6. The van der Waals surface area contributed by atoms with Crippen LogP contribution in [0.15, 0.2) is 11.7 Å². The number of ketones is 1. The van der Waals surface area contributed by atoms with Gasteiger partial charge in [-0.25, -0.2) is 0 Å². The van der Waals surface area contributed by atoms with E-state index < -0.39 is 5.60 Å². The summed E-state index contributed by atoms with van der Waals surface area (Å²) in [6.07, 6.45) is 3.57. The smallest absolute Gasteiger partial charge is 0.313 e. The van der Waals surface area contributed by atoms with Crippen LogP contribution in [0.4, 0.5) is 0 Å². The Morgan fingerprint density at radius 1 is 1.50 bits per heavy atom. The minimum absolute atomic E-state index is 0.00995. The van der Waals surface area contributed by atoms with E-state index in [9.17, 15) is 9.59 Å². The molecular weight excluding hydrogens is 250 g/mol. The Hall–Kier alpha value is -1.23. The second-order valence-corrected chi connectivity index (χ2v) is 6.02. The molecule has 0 aliphatic carbocycles. The van der Waals surface area contributed by atoms with Gasteiger partial charge in [0.15, 0.2) is 0 Å². The largest absolute Gasteiger partial charge is 0.458 e. The van der Waals surface area contributed by atoms with Crippen LogP contribution in [0.5, 0.6) is 0 Å². The molecule has 5 heteroatoms. The van der Waals surface area contributed by atoms with Gasteiger partial charge in [-0.3, -0.25) is 14.6 Å². The van der Waals surface area contributed by atoms with E-state index in [1.807, 2.05) is 20.0 Å². The molecule has 0 radical (unpaired) electrons. The number of aromatic nitrogens is 1. The Morgan fingerprint density at radius 2 is 2.28 bits per heavy atom. The van der Waals surface area contributed by atoms with Crippen LogP contribution in [0.3, 0.4) is 0 Å². The summed E-state index contributed by atoms with van der Waals surface area (Å²) in [7, 11) is 0. The van der Waals surface area contributed by atoms with Crippen molar-refractivity contribution < 1.29 is 14.3 Å². The van der Waals surface area contributed by atoms with Crippen LogP contribution in [-0.2, 0) is 20.7 Å². The fourth-order valence-electron chi connectivity index (χ4n) is 2.31. The fraction of sp³-hybridized carbons (Fsp3) is 0.615. The van der Waals surface area contributed by atoms with E-state index in [0.717, 1.165) is 11.3 Å². The number of Topliss-reactive ketones (excluding diaryl/α,β-unsaturated/α-hetero) is 1. The highest BCUT2D eigenvalue weighted by atomic mass is 32.1. The number of esters is 1. The minimum atomic E-state index is -0.629. The molecule has 0 aromatic carbocycles. The van der Waals surface area contributed by atoms with E-state index in [1.165, 1.54) is 0 Å². The Labute approximate surface area is 110 Å². The average molecular weight is 267 g/mol. The van der Waals surface area contributed by atoms with Crippen molar-refractivity contribution in [1.82, 2.24) is 4.98 Å². The summed E-state index contributed by atoms with van der Waals surface area (Å²) in [6.45, 7) is 4.00. The van der Waals surface area contributed by atoms with E-state index >= 15 is 0 Å². The topological polar surface area (TPSA) is 56.3 Å². The quantitative estimate of drug-likeness (QED) is 0.621. The molecule has 1 saturated heterocycles. The van der Waals surface area contributed by atoms with E-state index in [1.54, 1.807) is 16.8 Å². The lowest BCUT2D eigenvalue weighted by Crippen LogP contribution is -2.47. The van der Waals surface area contributed by atoms with Gasteiger partial charge in [0.25, 0.3) is 0 Å². The number of cyclic esters (lactones) is 1. The first kappa shape index (κ1) is 13.2. The molecule has 1 atom stereocenters. The van der Waals surface area contributed by atoms with E-state index in [2.05, 4.69) is 4.98 Å². The van der Waals surface area contributed by atoms with Crippen LogP contribution in [-0.4, -0.2) is 22.3 Å². The second kappa shape index (κ2) is 5.18. The van der Waals surface area contributed by atoms with Crippen molar-refractivity contribution in [3.63, 3.8) is 0 Å². The van der Waals surface area contributed by atoms with Crippen LogP contribution >= 0.6 is 11.3 Å². The van der Waals surface area contributed by atoms with Crippen molar-refractivity contribution >= 4 is 23.1 Å². The van der Waals surface area contributed by atoms with Gasteiger partial charge in [-0.1, -0.05) is 13.8 Å². The molecule has 18 heavy (non-hydrogen) atoms. The normalized spacial score (nSPS) is 24.4. The molecule has 0 amide bonds. The van der Waals surface area contributed by atoms with E-state index in [-0.39, 0.29) is 24.1 Å². The van der Waals surface area contributed by atoms with E-state index in [4.69, 9.17) is 4.74 Å². The average Bonchev–Trinajstić information content (AvgIpc) is 2.77. The standard InChI is InChI=1S/C13H17NO3S/c1-9(2)13(4-3-11-7-14-8-18-11)6-10(15)5-12(16)17-13/h7-9H,3-6H2,1-2H3. The first-order valence-electron chi connectivity index (χ1n) is 6.13. The molecule has 2 rings (SSSR count). The lowest BCUT2D eigenvalue weighted by Gasteiger charge is -2.39. The molecule has 0 saturated carbocycles. The number of aryl methyl sites for hydroxylation is 1. The molecular formula is C13H17NO3S. The first-order valence-corrected chi connectivity index (χ1v) is 7.01. The van der Waals surface area contributed by atoms with E-state index in [0.29, 0.717) is 12.8 Å². The SMILES string of the molecule is CC(C)C1(CCc2cncs2)CC(=O)CC(=O)O1. The molecule has 1 aromatic rings. The summed E-state index contributed by atoms with van der Waals surface area (Å²) >= 11 is 1.59. The van der Waals surface area contributed by atoms with Gasteiger partial charge in [-0.2, -0.15) is 0 Å². The summed E-state index contributed by atoms with van der Waals surface area (Å²) in [6, 6.07) is 0. The number of hydrogen-bond donors (Lipinski definition) is 0. The number of hydrogen-bond acceptors (Lipinski definition) is 5. The zero-order valence-corrected chi connectivity index (χ0v) is 11.5. The third-order valence-electron chi connectivity index (χ3n) is 3.49. The zero-order chi connectivity index (χ0) is 13.2. The molecule has 4 nitrogen and oxygen atoms in total. The Morgan fingerprint density at radius 3 is 2.83 bits per heavy atom. The monoisotopic (exact) mass is 267 g/mol. The Bertz CT molecular complexity index is 423. The molecule has 98 valence electrons. The second-order valence-electron chi connectivity index (χ2n) is 5.05. The van der Waals surface area contributed by atoms with Gasteiger partial charge in [-0.05, 0) is 18.8 Å². The molecule has 2 heterocycles. The lowest BCUT2D eigenvalue weighted by molar-refractivity contribution is -0.177. The van der Waals surface area contributed by atoms with Crippen LogP contribution < -0.4 is 0 Å². The maximum absolute atomic E-state index is 11.6. The van der Waals surface area contributed by atoms with Crippen LogP contribution in [0.2, 0.25) is 0 Å². The highest BCUT2D eigenvalue weighted by molar-refractivity contribution is 7.09. The third kappa shape index (κ3) is 2.77. The van der Waals surface area contributed by atoms with Crippen molar-refractivity contribution in [3.8, 4) is 0 Å². The first-order chi connectivity index (χ1) is 8.52. The molecule has 1 aromatic heterocycles. The van der Waals surface area contributed by atoms with Crippen LogP contribution in [0, 0.1) is 5.92 Å². The molecule has 1 aliphatic rings. The maximum atomic E-state index is 11.6. The van der Waals surface area contributed by atoms with Gasteiger partial charge in [0, 0.05) is 17.5 Å². The molecule has 0 spiro atoms. The number of rotatable bonds is 4. The summed E-state index contributed by atoms with van der Waals surface area (Å²) < 4.78 is 5.53. The van der Waals surface area contributed by atoms with Crippen molar-refractivity contribution in [3.05, 3.63) is 16.6 Å². The molecule has 1 aliphatic heterocycles. The number of nitrogens with zero attached hydrogens (tertiary/aromatic N) is 1. The summed E-state index contributed by atoms with van der Waals surface area (Å²) in [5, 5.41) is 0. The van der Waals surface area contributed by atoms with Crippen molar-refractivity contribution in [2.75, 3.05) is 0 Å². The Balaban J connectivity index is 2.11. The van der Waals surface area contributed by atoms with Gasteiger partial charge >= 0.3 is 5.97 Å². The Kier molecular flexibility index (Phi) is 3.80. The fourth-order valence-corrected chi connectivity index (χ4v) is 2.91. The summed E-state index contributed by atoms with van der Waals surface area (Å²) in [5.41, 5.74) is 1.16. The number of carbonyl (C=O) groups excluding carboxylic acids is 2. The van der Waals surface area contributed by atoms with Gasteiger partial charge < -0.3 is 4.74 Å². The number of thiazole rings is 1. The summed E-state index contributed by atoms with van der Waals surface area (Å²) in [5.74, 6) is -0.257. The van der Waals surface area contributed by atoms with Gasteiger partial charge in [0.1, 0.15) is 17.8 Å². The van der Waals surface area contributed by atoms with Crippen LogP contribution in [0.25, 0.3) is 0 Å².